The molecule has 0 saturated heterocycles. The number of aryl methyl sites for hydroxylation is 1. The molecule has 0 aliphatic carbocycles. The smallest absolute Gasteiger partial charge is 0.338 e. The molecule has 0 radical (unpaired) electrons. The molecule has 3 rings (SSSR count). The Morgan fingerprint density at radius 2 is 1.82 bits per heavy atom. The van der Waals surface area contributed by atoms with Crippen molar-refractivity contribution in [1.82, 2.24) is 5.32 Å². The zero-order valence-corrected chi connectivity index (χ0v) is 16.4. The van der Waals surface area contributed by atoms with E-state index in [0.29, 0.717) is 5.56 Å². The molecule has 144 valence electrons. The summed E-state index contributed by atoms with van der Waals surface area (Å²) in [6, 6.07) is 14.6. The van der Waals surface area contributed by atoms with Crippen LogP contribution in [0.3, 0.4) is 0 Å². The van der Waals surface area contributed by atoms with Crippen LogP contribution in [0, 0.1) is 19.7 Å². The number of esters is 1. The molecule has 2 aromatic carbocycles. The number of thiophene rings is 1. The number of hydrogen-bond acceptors (Lipinski definition) is 4. The van der Waals surface area contributed by atoms with Crippen molar-refractivity contribution in [3.05, 3.63) is 92.9 Å². The van der Waals surface area contributed by atoms with Gasteiger partial charge >= 0.3 is 5.97 Å². The van der Waals surface area contributed by atoms with Crippen LogP contribution in [0.15, 0.2) is 60.0 Å². The molecule has 1 amide bonds. The van der Waals surface area contributed by atoms with Gasteiger partial charge in [-0.1, -0.05) is 30.3 Å². The quantitative estimate of drug-likeness (QED) is 0.620. The van der Waals surface area contributed by atoms with Gasteiger partial charge in [0.1, 0.15) is 5.82 Å². The Morgan fingerprint density at radius 3 is 2.50 bits per heavy atom. The topological polar surface area (TPSA) is 55.4 Å². The molecule has 3 aromatic rings. The van der Waals surface area contributed by atoms with Crippen LogP contribution in [0.2, 0.25) is 0 Å². The summed E-state index contributed by atoms with van der Waals surface area (Å²) in [5.41, 5.74) is 3.00. The number of ether oxygens (including phenoxy) is 1. The van der Waals surface area contributed by atoms with Gasteiger partial charge in [-0.05, 0) is 60.2 Å². The molecule has 1 atom stereocenters. The summed E-state index contributed by atoms with van der Waals surface area (Å²) in [5.74, 6) is -1.31. The minimum atomic E-state index is -0.536. The molecule has 0 saturated carbocycles. The predicted molar refractivity (Wildman–Crippen MR) is 107 cm³/mol. The minimum Gasteiger partial charge on any atom is -0.452 e. The number of hydrogen-bond donors (Lipinski definition) is 1. The first kappa shape index (κ1) is 19.8. The van der Waals surface area contributed by atoms with Gasteiger partial charge in [0, 0.05) is 4.88 Å². The lowest BCUT2D eigenvalue weighted by Crippen LogP contribution is -2.32. The first-order valence-electron chi connectivity index (χ1n) is 8.77. The summed E-state index contributed by atoms with van der Waals surface area (Å²) < 4.78 is 18.4. The first-order valence-corrected chi connectivity index (χ1v) is 9.65. The van der Waals surface area contributed by atoms with Crippen molar-refractivity contribution >= 4 is 23.2 Å². The van der Waals surface area contributed by atoms with E-state index < -0.39 is 24.5 Å². The molecule has 6 heteroatoms. The fourth-order valence-electron chi connectivity index (χ4n) is 2.81. The summed E-state index contributed by atoms with van der Waals surface area (Å²) in [6.07, 6.45) is 0. The number of benzene rings is 2. The average molecular weight is 397 g/mol. The van der Waals surface area contributed by atoms with Crippen molar-refractivity contribution in [3.8, 4) is 0 Å². The zero-order chi connectivity index (χ0) is 20.1. The second-order valence-electron chi connectivity index (χ2n) is 6.39. The van der Waals surface area contributed by atoms with E-state index in [4.69, 9.17) is 4.74 Å². The Morgan fingerprint density at radius 1 is 1.07 bits per heavy atom. The molecule has 0 unspecified atom stereocenters. The van der Waals surface area contributed by atoms with Crippen LogP contribution >= 0.6 is 11.3 Å². The van der Waals surface area contributed by atoms with Crippen LogP contribution in [0.1, 0.15) is 38.0 Å². The molecular weight excluding hydrogens is 377 g/mol. The number of halogens is 1. The Hall–Kier alpha value is -2.99. The van der Waals surface area contributed by atoms with E-state index in [1.165, 1.54) is 23.5 Å². The Bertz CT molecular complexity index is 968. The zero-order valence-electron chi connectivity index (χ0n) is 15.6. The van der Waals surface area contributed by atoms with Crippen LogP contribution in [0.25, 0.3) is 0 Å². The number of carbonyl (C=O) groups excluding carboxylic acids is 2. The SMILES string of the molecule is Cc1cccc(C(=O)OCC(=O)N[C@H](c2ccc(F)cc2)c2cccs2)c1C. The second-order valence-corrected chi connectivity index (χ2v) is 7.37. The second kappa shape index (κ2) is 8.80. The van der Waals surface area contributed by atoms with Gasteiger partial charge < -0.3 is 10.1 Å². The van der Waals surface area contributed by atoms with Gasteiger partial charge in [0.15, 0.2) is 6.61 Å². The van der Waals surface area contributed by atoms with Gasteiger partial charge in [0.2, 0.25) is 0 Å². The van der Waals surface area contributed by atoms with Gasteiger partial charge in [0.25, 0.3) is 5.91 Å². The van der Waals surface area contributed by atoms with Crippen LogP contribution in [-0.2, 0) is 9.53 Å². The molecule has 4 nitrogen and oxygen atoms in total. The highest BCUT2D eigenvalue weighted by Crippen LogP contribution is 2.26. The molecule has 28 heavy (non-hydrogen) atoms. The van der Waals surface area contributed by atoms with E-state index in [1.807, 2.05) is 37.4 Å². The molecule has 1 N–H and O–H groups in total. The van der Waals surface area contributed by atoms with E-state index in [-0.39, 0.29) is 5.82 Å². The van der Waals surface area contributed by atoms with E-state index in [9.17, 15) is 14.0 Å². The molecule has 0 spiro atoms. The summed E-state index contributed by atoms with van der Waals surface area (Å²) in [7, 11) is 0. The van der Waals surface area contributed by atoms with Gasteiger partial charge in [-0.3, -0.25) is 4.79 Å². The third-order valence-electron chi connectivity index (χ3n) is 4.50. The van der Waals surface area contributed by atoms with Crippen LogP contribution < -0.4 is 5.32 Å². The Kier molecular flexibility index (Phi) is 6.21. The van der Waals surface area contributed by atoms with Crippen molar-refractivity contribution in [3.63, 3.8) is 0 Å². The predicted octanol–water partition coefficient (Wildman–Crippen LogP) is 4.57. The summed E-state index contributed by atoms with van der Waals surface area (Å²) in [4.78, 5) is 25.6. The maximum absolute atomic E-state index is 13.2. The highest BCUT2D eigenvalue weighted by atomic mass is 32.1. The Balaban J connectivity index is 1.68. The largest absolute Gasteiger partial charge is 0.452 e. The van der Waals surface area contributed by atoms with Crippen molar-refractivity contribution in [2.24, 2.45) is 0 Å². The van der Waals surface area contributed by atoms with E-state index in [2.05, 4.69) is 5.32 Å². The number of rotatable bonds is 6. The molecular formula is C22H20FNO3S. The van der Waals surface area contributed by atoms with E-state index >= 15 is 0 Å². The van der Waals surface area contributed by atoms with Crippen LogP contribution in [0.5, 0.6) is 0 Å². The van der Waals surface area contributed by atoms with Crippen LogP contribution in [0.4, 0.5) is 4.39 Å². The van der Waals surface area contributed by atoms with Gasteiger partial charge in [-0.15, -0.1) is 11.3 Å². The average Bonchev–Trinajstić information content (AvgIpc) is 3.21. The minimum absolute atomic E-state index is 0.345. The number of carbonyl (C=O) groups is 2. The summed E-state index contributed by atoms with van der Waals surface area (Å²) in [5, 5.41) is 4.76. The van der Waals surface area contributed by atoms with E-state index in [1.54, 1.807) is 24.3 Å². The first-order chi connectivity index (χ1) is 13.5. The molecule has 0 bridgehead atoms. The van der Waals surface area contributed by atoms with Crippen LogP contribution in [-0.4, -0.2) is 18.5 Å². The highest BCUT2D eigenvalue weighted by Gasteiger charge is 2.20. The third-order valence-corrected chi connectivity index (χ3v) is 5.43. The standard InChI is InChI=1S/C22H20FNO3S/c1-14-5-3-6-18(15(14)2)22(26)27-13-20(25)24-21(19-7-4-12-28-19)16-8-10-17(23)11-9-16/h3-12,21H,13H2,1-2H3,(H,24,25)/t21-/m1/s1. The summed E-state index contributed by atoms with van der Waals surface area (Å²) >= 11 is 1.48. The monoisotopic (exact) mass is 397 g/mol. The normalized spacial score (nSPS) is 11.7. The molecule has 0 aliphatic rings. The van der Waals surface area contributed by atoms with Crippen molar-refractivity contribution < 1.29 is 18.7 Å². The van der Waals surface area contributed by atoms with E-state index in [0.717, 1.165) is 21.6 Å². The number of amides is 1. The lowest BCUT2D eigenvalue weighted by Gasteiger charge is -2.18. The van der Waals surface area contributed by atoms with Crippen molar-refractivity contribution in [2.75, 3.05) is 6.61 Å². The maximum atomic E-state index is 13.2. The van der Waals surface area contributed by atoms with Gasteiger partial charge in [-0.2, -0.15) is 0 Å². The lowest BCUT2D eigenvalue weighted by atomic mass is 10.0. The maximum Gasteiger partial charge on any atom is 0.338 e. The molecule has 0 aliphatic heterocycles. The highest BCUT2D eigenvalue weighted by molar-refractivity contribution is 7.10. The van der Waals surface area contributed by atoms with Crippen molar-refractivity contribution in [2.45, 2.75) is 19.9 Å². The lowest BCUT2D eigenvalue weighted by molar-refractivity contribution is -0.124. The third kappa shape index (κ3) is 4.64. The molecule has 1 heterocycles. The van der Waals surface area contributed by atoms with Gasteiger partial charge in [0.05, 0.1) is 11.6 Å². The molecule has 1 aromatic heterocycles. The van der Waals surface area contributed by atoms with Gasteiger partial charge in [-0.25, -0.2) is 9.18 Å². The van der Waals surface area contributed by atoms with Crippen molar-refractivity contribution in [1.29, 1.82) is 0 Å². The molecule has 0 fully saturated rings. The fraction of sp³-hybridized carbons (Fsp3) is 0.182. The number of nitrogens with one attached hydrogen (secondary N) is 1. The Labute approximate surface area is 167 Å². The fourth-order valence-corrected chi connectivity index (χ4v) is 3.62. The summed E-state index contributed by atoms with van der Waals surface area (Å²) in [6.45, 7) is 3.36.